The summed E-state index contributed by atoms with van der Waals surface area (Å²) in [7, 11) is 0. The number of amides is 2. The number of rotatable bonds is 5. The second-order valence-corrected chi connectivity index (χ2v) is 7.34. The number of anilines is 1. The predicted molar refractivity (Wildman–Crippen MR) is 111 cm³/mol. The van der Waals surface area contributed by atoms with Gasteiger partial charge < -0.3 is 15.1 Å². The maximum atomic E-state index is 12.7. The molecule has 2 N–H and O–H groups in total. The highest BCUT2D eigenvalue weighted by atomic mass is 79.9. The van der Waals surface area contributed by atoms with Crippen LogP contribution >= 0.6 is 31.9 Å². The molecule has 136 valence electrons. The zero-order valence-electron chi connectivity index (χ0n) is 13.9. The van der Waals surface area contributed by atoms with Crippen molar-refractivity contribution in [3.8, 4) is 0 Å². The molecule has 5 nitrogen and oxygen atoms in total. The Balaban J connectivity index is 1.87. The molecule has 0 atom stereocenters. The number of hydrogen-bond donors (Lipinski definition) is 2. The molecule has 3 aromatic rings. The van der Waals surface area contributed by atoms with Gasteiger partial charge in [0.2, 0.25) is 0 Å². The maximum Gasteiger partial charge on any atom is 0.291 e. The molecule has 0 aliphatic rings. The fourth-order valence-corrected chi connectivity index (χ4v) is 2.93. The third kappa shape index (κ3) is 5.42. The first-order valence-corrected chi connectivity index (χ1v) is 9.49. The van der Waals surface area contributed by atoms with Crippen molar-refractivity contribution in [3.05, 3.63) is 92.9 Å². The molecule has 0 spiro atoms. The highest BCUT2D eigenvalue weighted by molar-refractivity contribution is 9.10. The summed E-state index contributed by atoms with van der Waals surface area (Å²) >= 11 is 6.75. The molecule has 27 heavy (non-hydrogen) atoms. The summed E-state index contributed by atoms with van der Waals surface area (Å²) in [6.07, 6.45) is 2.99. The predicted octanol–water partition coefficient (Wildman–Crippen LogP) is 5.21. The monoisotopic (exact) mass is 488 g/mol. The van der Waals surface area contributed by atoms with E-state index >= 15 is 0 Å². The van der Waals surface area contributed by atoms with Crippen LogP contribution in [0.3, 0.4) is 0 Å². The number of carbonyl (C=O) groups is 2. The van der Waals surface area contributed by atoms with Gasteiger partial charge in [0.05, 0.1) is 6.26 Å². The fourth-order valence-electron chi connectivity index (χ4n) is 2.24. The first-order chi connectivity index (χ1) is 13.0. The van der Waals surface area contributed by atoms with E-state index in [4.69, 9.17) is 4.42 Å². The lowest BCUT2D eigenvalue weighted by molar-refractivity contribution is -0.113. The van der Waals surface area contributed by atoms with Crippen LogP contribution in [0.15, 0.2) is 86.0 Å². The van der Waals surface area contributed by atoms with Crippen LogP contribution in [0, 0.1) is 0 Å². The summed E-state index contributed by atoms with van der Waals surface area (Å²) in [5.41, 5.74) is 1.46. The molecule has 0 saturated heterocycles. The molecular formula is C20H14Br2N2O3. The van der Waals surface area contributed by atoms with Crippen LogP contribution in [0.4, 0.5) is 5.69 Å². The molecule has 0 radical (unpaired) electrons. The highest BCUT2D eigenvalue weighted by Crippen LogP contribution is 2.17. The van der Waals surface area contributed by atoms with Gasteiger partial charge in [-0.2, -0.15) is 0 Å². The topological polar surface area (TPSA) is 71.3 Å². The van der Waals surface area contributed by atoms with Gasteiger partial charge in [-0.1, -0.05) is 44.0 Å². The molecule has 2 amide bonds. The van der Waals surface area contributed by atoms with Crippen molar-refractivity contribution in [2.75, 3.05) is 5.32 Å². The number of benzene rings is 2. The van der Waals surface area contributed by atoms with E-state index in [2.05, 4.69) is 42.5 Å². The summed E-state index contributed by atoms with van der Waals surface area (Å²) in [6.45, 7) is 0. The first-order valence-electron chi connectivity index (χ1n) is 7.90. The minimum absolute atomic E-state index is 0.0948. The molecule has 0 unspecified atom stereocenters. The minimum atomic E-state index is -0.507. The van der Waals surface area contributed by atoms with Gasteiger partial charge in [0.15, 0.2) is 5.76 Å². The van der Waals surface area contributed by atoms with E-state index in [-0.39, 0.29) is 11.5 Å². The molecule has 0 aliphatic carbocycles. The van der Waals surface area contributed by atoms with Crippen LogP contribution in [0.25, 0.3) is 6.08 Å². The Morgan fingerprint density at radius 2 is 1.70 bits per heavy atom. The largest absolute Gasteiger partial charge is 0.459 e. The Kier molecular flexibility index (Phi) is 6.26. The SMILES string of the molecule is O=C(Nc1ccc(Br)cc1)/C(=C/c1cccc(Br)c1)NC(=O)c1ccco1. The fraction of sp³-hybridized carbons (Fsp3) is 0. The zero-order valence-corrected chi connectivity index (χ0v) is 17.1. The number of carbonyl (C=O) groups excluding carboxylic acids is 2. The molecule has 3 rings (SSSR count). The summed E-state index contributed by atoms with van der Waals surface area (Å²) in [4.78, 5) is 25.1. The highest BCUT2D eigenvalue weighted by Gasteiger charge is 2.16. The van der Waals surface area contributed by atoms with Crippen LogP contribution in [0.1, 0.15) is 16.1 Å². The van der Waals surface area contributed by atoms with Crippen molar-refractivity contribution >= 4 is 55.4 Å². The normalized spacial score (nSPS) is 11.1. The zero-order chi connectivity index (χ0) is 19.2. The van der Waals surface area contributed by atoms with Crippen molar-refractivity contribution in [2.24, 2.45) is 0 Å². The van der Waals surface area contributed by atoms with Crippen molar-refractivity contribution in [1.82, 2.24) is 5.32 Å². The maximum absolute atomic E-state index is 12.7. The molecule has 7 heteroatoms. The van der Waals surface area contributed by atoms with Crippen LogP contribution < -0.4 is 10.6 Å². The van der Waals surface area contributed by atoms with E-state index in [1.807, 2.05) is 36.4 Å². The number of nitrogens with one attached hydrogen (secondary N) is 2. The second kappa shape index (κ2) is 8.83. The standard InChI is InChI=1S/C20H14Br2N2O3/c21-14-6-8-16(9-7-14)23-19(25)17(12-13-3-1-4-15(22)11-13)24-20(26)18-5-2-10-27-18/h1-12H,(H,23,25)(H,24,26)/b17-12-. The van der Waals surface area contributed by atoms with E-state index < -0.39 is 11.8 Å². The van der Waals surface area contributed by atoms with Gasteiger partial charge in [0.25, 0.3) is 11.8 Å². The third-order valence-electron chi connectivity index (χ3n) is 3.50. The average molecular weight is 490 g/mol. The Hall–Kier alpha value is -2.64. The van der Waals surface area contributed by atoms with Gasteiger partial charge in [-0.05, 0) is 60.2 Å². The van der Waals surface area contributed by atoms with Gasteiger partial charge in [-0.15, -0.1) is 0 Å². The molecule has 1 aromatic heterocycles. The lowest BCUT2D eigenvalue weighted by Crippen LogP contribution is -2.30. The second-order valence-electron chi connectivity index (χ2n) is 5.51. The summed E-state index contributed by atoms with van der Waals surface area (Å²) in [6, 6.07) is 17.7. The summed E-state index contributed by atoms with van der Waals surface area (Å²) in [5.74, 6) is -0.837. The number of hydrogen-bond acceptors (Lipinski definition) is 3. The van der Waals surface area contributed by atoms with Crippen molar-refractivity contribution in [2.45, 2.75) is 0 Å². The van der Waals surface area contributed by atoms with Gasteiger partial charge in [-0.3, -0.25) is 9.59 Å². The van der Waals surface area contributed by atoms with E-state index in [9.17, 15) is 9.59 Å². The van der Waals surface area contributed by atoms with Gasteiger partial charge >= 0.3 is 0 Å². The molecular weight excluding hydrogens is 476 g/mol. The number of halogens is 2. The van der Waals surface area contributed by atoms with Gasteiger partial charge in [0.1, 0.15) is 5.70 Å². The van der Waals surface area contributed by atoms with E-state index in [0.29, 0.717) is 5.69 Å². The lowest BCUT2D eigenvalue weighted by atomic mass is 10.2. The third-order valence-corrected chi connectivity index (χ3v) is 4.52. The molecule has 0 fully saturated rings. The quantitative estimate of drug-likeness (QED) is 0.483. The Bertz CT molecular complexity index is 981. The van der Waals surface area contributed by atoms with Crippen LogP contribution in [-0.4, -0.2) is 11.8 Å². The van der Waals surface area contributed by atoms with E-state index in [1.54, 1.807) is 24.3 Å². The number of furan rings is 1. The Morgan fingerprint density at radius 3 is 2.37 bits per heavy atom. The first kappa shape index (κ1) is 19.1. The average Bonchev–Trinajstić information content (AvgIpc) is 3.18. The molecule has 0 aliphatic heterocycles. The van der Waals surface area contributed by atoms with Crippen LogP contribution in [0.2, 0.25) is 0 Å². The van der Waals surface area contributed by atoms with Crippen LogP contribution in [0.5, 0.6) is 0 Å². The Morgan fingerprint density at radius 1 is 0.926 bits per heavy atom. The smallest absolute Gasteiger partial charge is 0.291 e. The summed E-state index contributed by atoms with van der Waals surface area (Å²) in [5, 5.41) is 5.38. The molecule has 0 bridgehead atoms. The van der Waals surface area contributed by atoms with Crippen molar-refractivity contribution in [3.63, 3.8) is 0 Å². The minimum Gasteiger partial charge on any atom is -0.459 e. The Labute approximate surface area is 172 Å². The summed E-state index contributed by atoms with van der Waals surface area (Å²) < 4.78 is 6.85. The van der Waals surface area contributed by atoms with Crippen molar-refractivity contribution < 1.29 is 14.0 Å². The van der Waals surface area contributed by atoms with Crippen molar-refractivity contribution in [1.29, 1.82) is 0 Å². The van der Waals surface area contributed by atoms with Gasteiger partial charge in [-0.25, -0.2) is 0 Å². The van der Waals surface area contributed by atoms with E-state index in [1.165, 1.54) is 12.3 Å². The molecule has 2 aromatic carbocycles. The molecule has 1 heterocycles. The molecule has 0 saturated carbocycles. The van der Waals surface area contributed by atoms with Crippen LogP contribution in [-0.2, 0) is 4.79 Å². The lowest BCUT2D eigenvalue weighted by Gasteiger charge is -2.11. The van der Waals surface area contributed by atoms with E-state index in [0.717, 1.165) is 14.5 Å². The van der Waals surface area contributed by atoms with Gasteiger partial charge in [0, 0.05) is 14.6 Å².